The number of halogens is 3. The molecule has 0 saturated heterocycles. The molecule has 3 nitrogen and oxygen atoms in total. The van der Waals surface area contributed by atoms with E-state index in [1.165, 1.54) is 0 Å². The molecular weight excluding hydrogens is 264 g/mol. The van der Waals surface area contributed by atoms with E-state index < -0.39 is 13.0 Å². The van der Waals surface area contributed by atoms with Gasteiger partial charge in [-0.1, -0.05) is 16.8 Å². The largest absolute Gasteiger partial charge is 0.493 e. The van der Waals surface area contributed by atoms with Crippen LogP contribution in [0.2, 0.25) is 5.02 Å². The van der Waals surface area contributed by atoms with Crippen LogP contribution >= 0.6 is 11.6 Å². The van der Waals surface area contributed by atoms with Crippen molar-refractivity contribution in [3.63, 3.8) is 0 Å². The third-order valence-corrected chi connectivity index (χ3v) is 2.68. The summed E-state index contributed by atoms with van der Waals surface area (Å²) in [6.07, 6.45) is -1.17. The highest BCUT2D eigenvalue weighted by molar-refractivity contribution is 6.31. The van der Waals surface area contributed by atoms with Gasteiger partial charge in [-0.2, -0.15) is 0 Å². The van der Waals surface area contributed by atoms with Crippen LogP contribution in [0.5, 0.6) is 5.75 Å². The van der Waals surface area contributed by atoms with Gasteiger partial charge in [-0.15, -0.1) is 0 Å². The van der Waals surface area contributed by atoms with Crippen molar-refractivity contribution in [2.45, 2.75) is 19.3 Å². The third kappa shape index (κ3) is 3.32. The number of ether oxygens (including phenoxy) is 1. The van der Waals surface area contributed by atoms with Gasteiger partial charge in [0.1, 0.15) is 5.75 Å². The fourth-order valence-electron chi connectivity index (χ4n) is 1.68. The fraction of sp³-hybridized carbons (Fsp3) is 0.417. The molecule has 0 spiro atoms. The SMILES string of the molecule is FC(F)CON=C1CCCOc2ccc(Cl)cc21. The maximum atomic E-state index is 12.0. The number of hydrogen-bond acceptors (Lipinski definition) is 3. The minimum absolute atomic E-state index is 0.542. The van der Waals surface area contributed by atoms with Crippen LogP contribution in [-0.4, -0.2) is 25.4 Å². The maximum Gasteiger partial charge on any atom is 0.274 e. The predicted molar refractivity (Wildman–Crippen MR) is 64.7 cm³/mol. The second-order valence-electron chi connectivity index (χ2n) is 3.82. The van der Waals surface area contributed by atoms with Gasteiger partial charge in [0.25, 0.3) is 6.43 Å². The number of fused-ring (bicyclic) bond motifs is 1. The fourth-order valence-corrected chi connectivity index (χ4v) is 1.85. The van der Waals surface area contributed by atoms with Crippen LogP contribution in [0.25, 0.3) is 0 Å². The molecule has 98 valence electrons. The first-order chi connectivity index (χ1) is 8.66. The third-order valence-electron chi connectivity index (χ3n) is 2.44. The number of benzene rings is 1. The van der Waals surface area contributed by atoms with Gasteiger partial charge in [0.05, 0.1) is 12.3 Å². The van der Waals surface area contributed by atoms with E-state index in [0.29, 0.717) is 35.1 Å². The van der Waals surface area contributed by atoms with Crippen LogP contribution in [0, 0.1) is 0 Å². The summed E-state index contributed by atoms with van der Waals surface area (Å²) < 4.78 is 29.5. The zero-order chi connectivity index (χ0) is 13.0. The maximum absolute atomic E-state index is 12.0. The molecule has 0 bridgehead atoms. The highest BCUT2D eigenvalue weighted by atomic mass is 35.5. The van der Waals surface area contributed by atoms with Crippen LogP contribution in [0.15, 0.2) is 23.4 Å². The van der Waals surface area contributed by atoms with Gasteiger partial charge in [-0.05, 0) is 31.0 Å². The van der Waals surface area contributed by atoms with Crippen LogP contribution in [-0.2, 0) is 4.84 Å². The molecule has 1 aliphatic heterocycles. The Kier molecular flexibility index (Phi) is 4.36. The van der Waals surface area contributed by atoms with Crippen molar-refractivity contribution in [1.29, 1.82) is 0 Å². The van der Waals surface area contributed by atoms with Gasteiger partial charge < -0.3 is 9.57 Å². The molecule has 0 unspecified atom stereocenters. The molecule has 0 saturated carbocycles. The van der Waals surface area contributed by atoms with E-state index in [9.17, 15) is 8.78 Å². The molecular formula is C12H12ClF2NO2. The van der Waals surface area contributed by atoms with Crippen molar-refractivity contribution in [2.75, 3.05) is 13.2 Å². The smallest absolute Gasteiger partial charge is 0.274 e. The molecule has 1 aromatic rings. The molecule has 0 aromatic heterocycles. The van der Waals surface area contributed by atoms with E-state index in [1.54, 1.807) is 18.2 Å². The van der Waals surface area contributed by atoms with E-state index in [2.05, 4.69) is 9.99 Å². The summed E-state index contributed by atoms with van der Waals surface area (Å²) in [5.41, 5.74) is 1.29. The lowest BCUT2D eigenvalue weighted by atomic mass is 10.1. The number of nitrogens with zero attached hydrogens (tertiary/aromatic N) is 1. The van der Waals surface area contributed by atoms with Gasteiger partial charge in [-0.3, -0.25) is 0 Å². The molecule has 0 aliphatic carbocycles. The van der Waals surface area contributed by atoms with Crippen LogP contribution in [0.3, 0.4) is 0 Å². The summed E-state index contributed by atoms with van der Waals surface area (Å²) in [7, 11) is 0. The van der Waals surface area contributed by atoms with E-state index in [0.717, 1.165) is 6.42 Å². The van der Waals surface area contributed by atoms with Gasteiger partial charge in [0.15, 0.2) is 6.61 Å². The molecule has 0 atom stereocenters. The molecule has 1 heterocycles. The zero-order valence-electron chi connectivity index (χ0n) is 9.54. The number of alkyl halides is 2. The lowest BCUT2D eigenvalue weighted by Gasteiger charge is -2.08. The molecule has 2 rings (SSSR count). The number of hydrogen-bond donors (Lipinski definition) is 0. The van der Waals surface area contributed by atoms with E-state index in [4.69, 9.17) is 16.3 Å². The summed E-state index contributed by atoms with van der Waals surface area (Å²) in [4.78, 5) is 4.63. The van der Waals surface area contributed by atoms with Crippen molar-refractivity contribution >= 4 is 17.3 Å². The summed E-state index contributed by atoms with van der Waals surface area (Å²) in [6.45, 7) is -0.150. The zero-order valence-corrected chi connectivity index (χ0v) is 10.3. The molecule has 0 radical (unpaired) electrons. The Morgan fingerprint density at radius 2 is 2.28 bits per heavy atom. The van der Waals surface area contributed by atoms with Crippen molar-refractivity contribution in [3.05, 3.63) is 28.8 Å². The Balaban J connectivity index is 2.23. The highest BCUT2D eigenvalue weighted by Gasteiger charge is 2.16. The van der Waals surface area contributed by atoms with Crippen LogP contribution < -0.4 is 4.74 Å². The number of rotatable bonds is 3. The topological polar surface area (TPSA) is 30.8 Å². The minimum atomic E-state index is -2.53. The van der Waals surface area contributed by atoms with E-state index in [1.807, 2.05) is 0 Å². The Labute approximate surface area is 108 Å². The second-order valence-corrected chi connectivity index (χ2v) is 4.25. The van der Waals surface area contributed by atoms with E-state index >= 15 is 0 Å². The lowest BCUT2D eigenvalue weighted by Crippen LogP contribution is -2.05. The van der Waals surface area contributed by atoms with Crippen molar-refractivity contribution in [2.24, 2.45) is 5.16 Å². The van der Waals surface area contributed by atoms with Gasteiger partial charge in [-0.25, -0.2) is 8.78 Å². The predicted octanol–water partition coefficient (Wildman–Crippen LogP) is 3.50. The van der Waals surface area contributed by atoms with E-state index in [-0.39, 0.29) is 0 Å². The normalized spacial score (nSPS) is 17.2. The quantitative estimate of drug-likeness (QED) is 0.791. The molecule has 0 N–H and O–H groups in total. The molecule has 0 amide bonds. The first-order valence-electron chi connectivity index (χ1n) is 5.56. The van der Waals surface area contributed by atoms with Crippen molar-refractivity contribution in [3.8, 4) is 5.75 Å². The standard InChI is InChI=1S/C12H12ClF2NO2/c13-8-3-4-11-9(6-8)10(2-1-5-17-11)16-18-7-12(14)15/h3-4,6,12H,1-2,5,7H2. The minimum Gasteiger partial charge on any atom is -0.493 e. The first-order valence-corrected chi connectivity index (χ1v) is 5.94. The number of oxime groups is 1. The lowest BCUT2D eigenvalue weighted by molar-refractivity contribution is 0.0201. The average molecular weight is 276 g/mol. The summed E-state index contributed by atoms with van der Waals surface area (Å²) in [6, 6.07) is 5.15. The Bertz CT molecular complexity index is 452. The van der Waals surface area contributed by atoms with Gasteiger partial charge in [0.2, 0.25) is 0 Å². The summed E-state index contributed by atoms with van der Waals surface area (Å²) in [5, 5.41) is 4.31. The van der Waals surface area contributed by atoms with Gasteiger partial charge in [0, 0.05) is 10.6 Å². The molecule has 0 fully saturated rings. The second kappa shape index (κ2) is 6.00. The van der Waals surface area contributed by atoms with Crippen LogP contribution in [0.1, 0.15) is 18.4 Å². The van der Waals surface area contributed by atoms with Crippen LogP contribution in [0.4, 0.5) is 8.78 Å². The first kappa shape index (κ1) is 13.1. The summed E-state index contributed by atoms with van der Waals surface area (Å²) in [5.74, 6) is 0.649. The molecule has 6 heteroatoms. The van der Waals surface area contributed by atoms with Crippen molar-refractivity contribution in [1.82, 2.24) is 0 Å². The van der Waals surface area contributed by atoms with Crippen molar-refractivity contribution < 1.29 is 18.4 Å². The molecule has 18 heavy (non-hydrogen) atoms. The monoisotopic (exact) mass is 275 g/mol. The Morgan fingerprint density at radius 3 is 3.06 bits per heavy atom. The average Bonchev–Trinajstić information content (AvgIpc) is 2.51. The summed E-state index contributed by atoms with van der Waals surface area (Å²) >= 11 is 5.91. The molecule has 1 aliphatic rings. The Morgan fingerprint density at radius 1 is 1.44 bits per heavy atom. The highest BCUT2D eigenvalue weighted by Crippen LogP contribution is 2.27. The van der Waals surface area contributed by atoms with Gasteiger partial charge >= 0.3 is 0 Å². The Hall–Kier alpha value is -1.36. The molecule has 1 aromatic carbocycles.